The van der Waals surface area contributed by atoms with Crippen LogP contribution in [0.4, 0.5) is 11.4 Å². The fourth-order valence-electron chi connectivity index (χ4n) is 4.92. The van der Waals surface area contributed by atoms with E-state index in [0.717, 1.165) is 31.2 Å². The van der Waals surface area contributed by atoms with Gasteiger partial charge in [0.15, 0.2) is 0 Å². The number of aromatic nitrogens is 1. The van der Waals surface area contributed by atoms with Crippen molar-refractivity contribution < 1.29 is 14.4 Å². The number of pyridine rings is 1. The quantitative estimate of drug-likeness (QED) is 0.661. The van der Waals surface area contributed by atoms with E-state index in [0.29, 0.717) is 23.0 Å². The van der Waals surface area contributed by atoms with Crippen molar-refractivity contribution in [2.75, 3.05) is 22.9 Å². The van der Waals surface area contributed by atoms with E-state index in [1.807, 2.05) is 24.0 Å². The molecule has 0 spiro atoms. The van der Waals surface area contributed by atoms with E-state index in [1.165, 1.54) is 12.8 Å². The Morgan fingerprint density at radius 3 is 2.62 bits per heavy atom. The van der Waals surface area contributed by atoms with Gasteiger partial charge in [-0.25, -0.2) is 0 Å². The van der Waals surface area contributed by atoms with Crippen molar-refractivity contribution in [1.29, 1.82) is 0 Å². The Bertz CT molecular complexity index is 1080. The van der Waals surface area contributed by atoms with E-state index in [1.54, 1.807) is 35.5 Å². The van der Waals surface area contributed by atoms with Crippen LogP contribution >= 0.6 is 0 Å². The van der Waals surface area contributed by atoms with Gasteiger partial charge in [-0.1, -0.05) is 18.9 Å². The van der Waals surface area contributed by atoms with Gasteiger partial charge in [0.25, 0.3) is 5.91 Å². The average molecular weight is 462 g/mol. The van der Waals surface area contributed by atoms with E-state index in [2.05, 4.69) is 15.6 Å². The monoisotopic (exact) mass is 461 g/mol. The number of nitrogens with one attached hydrogen (secondary N) is 2. The third-order valence-corrected chi connectivity index (χ3v) is 6.99. The number of amides is 3. The summed E-state index contributed by atoms with van der Waals surface area (Å²) in [5, 5.41) is 6.36. The maximum absolute atomic E-state index is 13.2. The van der Waals surface area contributed by atoms with Crippen molar-refractivity contribution in [3.63, 3.8) is 0 Å². The lowest BCUT2D eigenvalue weighted by molar-refractivity contribution is -0.122. The molecule has 1 aromatic carbocycles. The van der Waals surface area contributed by atoms with Crippen molar-refractivity contribution in [3.05, 3.63) is 53.9 Å². The third-order valence-electron chi connectivity index (χ3n) is 6.99. The highest BCUT2D eigenvalue weighted by molar-refractivity contribution is 6.13. The van der Waals surface area contributed by atoms with Gasteiger partial charge in [-0.05, 0) is 62.4 Å². The molecule has 2 aromatic rings. The molecule has 5 rings (SSSR count). The van der Waals surface area contributed by atoms with Crippen LogP contribution in [0.15, 0.2) is 42.7 Å². The van der Waals surface area contributed by atoms with Crippen LogP contribution in [0, 0.1) is 0 Å². The minimum absolute atomic E-state index is 0.00579. The highest BCUT2D eigenvalue weighted by atomic mass is 16.2. The molecule has 3 amide bonds. The SMILES string of the molecule is CC(NC(=O)c1ccc2c(c1)N(C(=O)CNC1CCCC1)CC(=O)N2C1CC1)c1cccnc1. The lowest BCUT2D eigenvalue weighted by atomic mass is 10.1. The summed E-state index contributed by atoms with van der Waals surface area (Å²) in [5.41, 5.74) is 2.71. The summed E-state index contributed by atoms with van der Waals surface area (Å²) in [5.74, 6) is -0.435. The highest BCUT2D eigenvalue weighted by Gasteiger charge is 2.40. The molecule has 2 saturated carbocycles. The Labute approximate surface area is 199 Å². The van der Waals surface area contributed by atoms with Crippen molar-refractivity contribution in [2.24, 2.45) is 0 Å². The summed E-state index contributed by atoms with van der Waals surface area (Å²) in [6.45, 7) is 2.10. The van der Waals surface area contributed by atoms with Gasteiger partial charge in [0.1, 0.15) is 6.54 Å². The van der Waals surface area contributed by atoms with Crippen LogP contribution < -0.4 is 20.4 Å². The average Bonchev–Trinajstić information content (AvgIpc) is 3.55. The first-order valence-electron chi connectivity index (χ1n) is 12.2. The fourth-order valence-corrected chi connectivity index (χ4v) is 4.92. The summed E-state index contributed by atoms with van der Waals surface area (Å²) in [6.07, 6.45) is 9.89. The molecule has 3 aliphatic rings. The summed E-state index contributed by atoms with van der Waals surface area (Å²) in [6, 6.07) is 9.37. The van der Waals surface area contributed by atoms with Crippen LogP contribution in [-0.4, -0.2) is 47.9 Å². The number of carbonyl (C=O) groups is 3. The molecule has 2 N–H and O–H groups in total. The van der Waals surface area contributed by atoms with Gasteiger partial charge in [-0.2, -0.15) is 0 Å². The fraction of sp³-hybridized carbons (Fsp3) is 0.462. The van der Waals surface area contributed by atoms with Crippen LogP contribution in [0.2, 0.25) is 0 Å². The second-order valence-electron chi connectivity index (χ2n) is 9.52. The van der Waals surface area contributed by atoms with Crippen molar-refractivity contribution >= 4 is 29.1 Å². The number of fused-ring (bicyclic) bond motifs is 1. The van der Waals surface area contributed by atoms with Gasteiger partial charge < -0.3 is 15.5 Å². The summed E-state index contributed by atoms with van der Waals surface area (Å²) >= 11 is 0. The van der Waals surface area contributed by atoms with Gasteiger partial charge in [0.2, 0.25) is 11.8 Å². The zero-order valence-electron chi connectivity index (χ0n) is 19.5. The van der Waals surface area contributed by atoms with Crippen LogP contribution in [0.3, 0.4) is 0 Å². The molecule has 0 saturated heterocycles. The number of benzene rings is 1. The second kappa shape index (κ2) is 9.54. The summed E-state index contributed by atoms with van der Waals surface area (Å²) in [4.78, 5) is 46.7. The zero-order chi connectivity index (χ0) is 23.7. The van der Waals surface area contributed by atoms with Gasteiger partial charge in [0.05, 0.1) is 24.0 Å². The lowest BCUT2D eigenvalue weighted by Gasteiger charge is -2.37. The zero-order valence-corrected chi connectivity index (χ0v) is 19.5. The molecule has 2 aliphatic carbocycles. The van der Waals surface area contributed by atoms with Crippen LogP contribution in [0.1, 0.15) is 67.4 Å². The van der Waals surface area contributed by atoms with E-state index < -0.39 is 0 Å². The first-order valence-corrected chi connectivity index (χ1v) is 12.2. The largest absolute Gasteiger partial charge is 0.345 e. The number of rotatable bonds is 7. The Hall–Kier alpha value is -3.26. The maximum atomic E-state index is 13.2. The summed E-state index contributed by atoms with van der Waals surface area (Å²) < 4.78 is 0. The van der Waals surface area contributed by atoms with Gasteiger partial charge in [-0.15, -0.1) is 0 Å². The van der Waals surface area contributed by atoms with E-state index in [-0.39, 0.29) is 42.9 Å². The molecule has 0 bridgehead atoms. The van der Waals surface area contributed by atoms with Gasteiger partial charge in [-0.3, -0.25) is 24.3 Å². The topological polar surface area (TPSA) is 94.6 Å². The molecule has 8 nitrogen and oxygen atoms in total. The predicted octanol–water partition coefficient (Wildman–Crippen LogP) is 2.95. The molecule has 2 fully saturated rings. The first-order chi connectivity index (χ1) is 16.5. The minimum Gasteiger partial charge on any atom is -0.345 e. The number of hydrogen-bond donors (Lipinski definition) is 2. The minimum atomic E-state index is -0.231. The van der Waals surface area contributed by atoms with Crippen LogP contribution in [0.25, 0.3) is 0 Å². The van der Waals surface area contributed by atoms with E-state index >= 15 is 0 Å². The molecule has 178 valence electrons. The highest BCUT2D eigenvalue weighted by Crippen LogP contribution is 2.41. The van der Waals surface area contributed by atoms with Crippen molar-refractivity contribution in [3.8, 4) is 0 Å². The van der Waals surface area contributed by atoms with Crippen molar-refractivity contribution in [2.45, 2.75) is 63.6 Å². The molecular weight excluding hydrogens is 430 g/mol. The molecule has 34 heavy (non-hydrogen) atoms. The molecule has 2 heterocycles. The molecule has 1 aromatic heterocycles. The Morgan fingerprint density at radius 1 is 1.12 bits per heavy atom. The molecule has 8 heteroatoms. The molecule has 1 atom stereocenters. The number of hydrogen-bond acceptors (Lipinski definition) is 5. The van der Waals surface area contributed by atoms with Crippen molar-refractivity contribution in [1.82, 2.24) is 15.6 Å². The molecule has 1 unspecified atom stereocenters. The number of anilines is 2. The standard InChI is InChI=1S/C26H31N5O3/c1-17(19-5-4-12-27-14-19)29-26(34)18-8-11-22-23(13-18)30(16-25(33)31(22)21-9-10-21)24(32)15-28-20-6-2-3-7-20/h4-5,8,11-14,17,20-21,28H,2-3,6-7,9-10,15-16H2,1H3,(H,29,34). The smallest absolute Gasteiger partial charge is 0.251 e. The molecule has 1 aliphatic heterocycles. The second-order valence-corrected chi connectivity index (χ2v) is 9.52. The van der Waals surface area contributed by atoms with E-state index in [9.17, 15) is 14.4 Å². The van der Waals surface area contributed by atoms with E-state index in [4.69, 9.17) is 0 Å². The lowest BCUT2D eigenvalue weighted by Crippen LogP contribution is -2.51. The van der Waals surface area contributed by atoms with Gasteiger partial charge >= 0.3 is 0 Å². The first kappa shape index (κ1) is 22.5. The third kappa shape index (κ3) is 4.68. The maximum Gasteiger partial charge on any atom is 0.251 e. The predicted molar refractivity (Wildman–Crippen MR) is 130 cm³/mol. The Balaban J connectivity index is 1.38. The molecule has 0 radical (unpaired) electrons. The Kier molecular flexibility index (Phi) is 6.32. The molecular formula is C26H31N5O3. The van der Waals surface area contributed by atoms with Gasteiger partial charge in [0, 0.05) is 30.0 Å². The summed E-state index contributed by atoms with van der Waals surface area (Å²) in [7, 11) is 0. The van der Waals surface area contributed by atoms with Crippen LogP contribution in [0.5, 0.6) is 0 Å². The normalized spacial score (nSPS) is 19.1. The number of carbonyl (C=O) groups excluding carboxylic acids is 3. The number of nitrogens with zero attached hydrogens (tertiary/aromatic N) is 3. The Morgan fingerprint density at radius 2 is 1.91 bits per heavy atom. The van der Waals surface area contributed by atoms with Crippen LogP contribution in [-0.2, 0) is 9.59 Å².